The molecule has 3 heterocycles. The van der Waals surface area contributed by atoms with Crippen LogP contribution in [0.3, 0.4) is 0 Å². The van der Waals surface area contributed by atoms with Gasteiger partial charge in [0.15, 0.2) is 17.0 Å². The van der Waals surface area contributed by atoms with Crippen molar-refractivity contribution in [2.75, 3.05) is 5.32 Å². The lowest BCUT2D eigenvalue weighted by Gasteiger charge is -2.12. The van der Waals surface area contributed by atoms with Crippen LogP contribution >= 0.6 is 11.3 Å². The maximum atomic E-state index is 13.0. The van der Waals surface area contributed by atoms with Crippen LogP contribution in [-0.2, 0) is 6.18 Å². The molecule has 0 aliphatic heterocycles. The zero-order valence-electron chi connectivity index (χ0n) is 13.6. The fourth-order valence-corrected chi connectivity index (χ4v) is 3.12. The van der Waals surface area contributed by atoms with Gasteiger partial charge in [0.2, 0.25) is 0 Å². The number of nitrogens with zero attached hydrogens (tertiary/aromatic N) is 4. The van der Waals surface area contributed by atoms with Crippen LogP contribution in [0.2, 0.25) is 0 Å². The van der Waals surface area contributed by atoms with E-state index in [1.165, 1.54) is 28.1 Å². The van der Waals surface area contributed by atoms with E-state index in [4.69, 9.17) is 0 Å². The number of hydrogen-bond donors (Lipinski definition) is 2. The van der Waals surface area contributed by atoms with Crippen LogP contribution < -0.4 is 5.32 Å². The summed E-state index contributed by atoms with van der Waals surface area (Å²) in [5.74, 6) is 0. The van der Waals surface area contributed by atoms with E-state index in [9.17, 15) is 18.3 Å². The third-order valence-corrected chi connectivity index (χ3v) is 4.55. The Kier molecular flexibility index (Phi) is 4.28. The fourth-order valence-electron chi connectivity index (χ4n) is 2.57. The highest BCUT2D eigenvalue weighted by molar-refractivity contribution is 7.13. The maximum Gasteiger partial charge on any atom is 0.416 e. The second kappa shape index (κ2) is 6.63. The van der Waals surface area contributed by atoms with Gasteiger partial charge >= 0.3 is 6.18 Å². The van der Waals surface area contributed by atoms with Gasteiger partial charge in [-0.15, -0.1) is 11.3 Å². The van der Waals surface area contributed by atoms with Crippen molar-refractivity contribution in [3.63, 3.8) is 0 Å². The molecule has 1 unspecified atom stereocenters. The summed E-state index contributed by atoms with van der Waals surface area (Å²) in [7, 11) is 0. The van der Waals surface area contributed by atoms with Crippen molar-refractivity contribution in [2.24, 2.45) is 0 Å². The number of imidazole rings is 1. The van der Waals surface area contributed by atoms with E-state index in [1.54, 1.807) is 29.8 Å². The van der Waals surface area contributed by atoms with E-state index in [0.717, 1.165) is 12.1 Å². The van der Waals surface area contributed by atoms with Gasteiger partial charge in [0.05, 0.1) is 17.5 Å². The van der Waals surface area contributed by atoms with Gasteiger partial charge in [-0.3, -0.25) is 0 Å². The second-order valence-electron chi connectivity index (χ2n) is 5.63. The Morgan fingerprint density at radius 2 is 2.00 bits per heavy atom. The molecule has 0 aliphatic carbocycles. The molecule has 1 atom stereocenters. The molecular weight excluding hydrogens is 379 g/mol. The van der Waals surface area contributed by atoms with Crippen molar-refractivity contribution < 1.29 is 18.3 Å². The Morgan fingerprint density at radius 1 is 1.15 bits per heavy atom. The number of anilines is 1. The number of benzene rings is 1. The normalized spacial score (nSPS) is 13.0. The first-order chi connectivity index (χ1) is 12.9. The van der Waals surface area contributed by atoms with Gasteiger partial charge in [-0.1, -0.05) is 12.1 Å². The average molecular weight is 391 g/mol. The summed E-state index contributed by atoms with van der Waals surface area (Å²) in [6.45, 7) is 0. The Bertz CT molecular complexity index is 1080. The molecule has 0 bridgehead atoms. The van der Waals surface area contributed by atoms with Gasteiger partial charge in [-0.25, -0.2) is 14.5 Å². The van der Waals surface area contributed by atoms with Crippen LogP contribution in [0.4, 0.5) is 18.3 Å². The number of hydrogen-bond acceptors (Lipinski definition) is 6. The van der Waals surface area contributed by atoms with Crippen LogP contribution in [0.1, 0.15) is 17.5 Å². The predicted molar refractivity (Wildman–Crippen MR) is 94.1 cm³/mol. The minimum Gasteiger partial charge on any atom is -0.368 e. The first-order valence-corrected chi connectivity index (χ1v) is 8.66. The number of aliphatic hydroxyl groups excluding tert-OH is 1. The van der Waals surface area contributed by atoms with Gasteiger partial charge in [0.1, 0.15) is 5.69 Å². The van der Waals surface area contributed by atoms with Crippen LogP contribution in [0, 0.1) is 0 Å². The lowest BCUT2D eigenvalue weighted by molar-refractivity contribution is -0.137. The molecule has 6 nitrogen and oxygen atoms in total. The monoisotopic (exact) mass is 391 g/mol. The number of halogens is 3. The highest BCUT2D eigenvalue weighted by atomic mass is 32.1. The molecule has 10 heteroatoms. The summed E-state index contributed by atoms with van der Waals surface area (Å²) in [6.07, 6.45) is -2.52. The van der Waals surface area contributed by atoms with E-state index in [2.05, 4.69) is 20.4 Å². The smallest absolute Gasteiger partial charge is 0.368 e. The first kappa shape index (κ1) is 17.4. The molecule has 0 amide bonds. The number of fused-ring (bicyclic) bond motifs is 1. The minimum absolute atomic E-state index is 0.314. The zero-order chi connectivity index (χ0) is 19.0. The molecule has 0 saturated carbocycles. The van der Waals surface area contributed by atoms with Crippen molar-refractivity contribution in [3.05, 3.63) is 65.4 Å². The predicted octanol–water partition coefficient (Wildman–Crippen LogP) is 3.97. The lowest BCUT2D eigenvalue weighted by atomic mass is 10.1. The molecule has 3 aromatic heterocycles. The van der Waals surface area contributed by atoms with E-state index < -0.39 is 18.0 Å². The molecule has 0 fully saturated rings. The number of rotatable bonds is 4. The quantitative estimate of drug-likeness (QED) is 0.515. The summed E-state index contributed by atoms with van der Waals surface area (Å²) in [5, 5.41) is 19.8. The summed E-state index contributed by atoms with van der Waals surface area (Å²) < 4.78 is 40.3. The summed E-state index contributed by atoms with van der Waals surface area (Å²) in [5.41, 5.74) is 0.691. The SMILES string of the molecule is OC(Nc1nccs1)c1cnc2ccc(-c3cccc(C(F)(F)F)c3)nn12. The minimum atomic E-state index is -4.44. The van der Waals surface area contributed by atoms with Crippen LogP contribution in [0.5, 0.6) is 0 Å². The van der Waals surface area contributed by atoms with Gasteiger partial charge in [-0.2, -0.15) is 18.3 Å². The Hall–Kier alpha value is -2.98. The highest BCUT2D eigenvalue weighted by Crippen LogP contribution is 2.32. The zero-order valence-corrected chi connectivity index (χ0v) is 14.4. The van der Waals surface area contributed by atoms with Gasteiger partial charge in [0, 0.05) is 17.1 Å². The summed E-state index contributed by atoms with van der Waals surface area (Å²) >= 11 is 1.32. The van der Waals surface area contributed by atoms with Crippen molar-refractivity contribution in [1.82, 2.24) is 19.6 Å². The van der Waals surface area contributed by atoms with Crippen molar-refractivity contribution in [2.45, 2.75) is 12.4 Å². The third-order valence-electron chi connectivity index (χ3n) is 3.85. The Labute approximate surface area is 155 Å². The number of aliphatic hydroxyl groups is 1. The van der Waals surface area contributed by atoms with E-state index in [-0.39, 0.29) is 0 Å². The summed E-state index contributed by atoms with van der Waals surface area (Å²) in [6, 6.07) is 8.13. The fraction of sp³-hybridized carbons (Fsp3) is 0.118. The molecule has 4 rings (SSSR count). The Morgan fingerprint density at radius 3 is 2.74 bits per heavy atom. The molecule has 0 saturated heterocycles. The molecular formula is C17H12F3N5OS. The van der Waals surface area contributed by atoms with Gasteiger partial charge in [-0.05, 0) is 24.3 Å². The molecule has 27 heavy (non-hydrogen) atoms. The third kappa shape index (κ3) is 3.49. The molecule has 0 radical (unpaired) electrons. The number of alkyl halides is 3. The van der Waals surface area contributed by atoms with Gasteiger partial charge < -0.3 is 10.4 Å². The van der Waals surface area contributed by atoms with Crippen molar-refractivity contribution in [3.8, 4) is 11.3 Å². The number of nitrogens with one attached hydrogen (secondary N) is 1. The molecule has 4 aromatic rings. The number of aromatic nitrogens is 4. The highest BCUT2D eigenvalue weighted by Gasteiger charge is 2.30. The van der Waals surface area contributed by atoms with Crippen LogP contribution in [0.15, 0.2) is 54.2 Å². The van der Waals surface area contributed by atoms with Crippen LogP contribution in [0.25, 0.3) is 16.9 Å². The number of thiazole rings is 1. The largest absolute Gasteiger partial charge is 0.416 e. The molecule has 0 aliphatic rings. The van der Waals surface area contributed by atoms with Crippen molar-refractivity contribution >= 4 is 22.1 Å². The van der Waals surface area contributed by atoms with Crippen LogP contribution in [-0.4, -0.2) is 24.7 Å². The maximum absolute atomic E-state index is 13.0. The van der Waals surface area contributed by atoms with E-state index in [1.807, 2.05) is 0 Å². The topological polar surface area (TPSA) is 75.3 Å². The molecule has 138 valence electrons. The summed E-state index contributed by atoms with van der Waals surface area (Å²) in [4.78, 5) is 8.20. The molecule has 0 spiro atoms. The Balaban J connectivity index is 1.72. The van der Waals surface area contributed by atoms with E-state index in [0.29, 0.717) is 27.7 Å². The van der Waals surface area contributed by atoms with Crippen molar-refractivity contribution in [1.29, 1.82) is 0 Å². The molecule has 2 N–H and O–H groups in total. The average Bonchev–Trinajstić information content (AvgIpc) is 3.30. The van der Waals surface area contributed by atoms with Gasteiger partial charge in [0.25, 0.3) is 0 Å². The lowest BCUT2D eigenvalue weighted by Crippen LogP contribution is -2.13. The van der Waals surface area contributed by atoms with E-state index >= 15 is 0 Å². The first-order valence-electron chi connectivity index (χ1n) is 7.78. The standard InChI is InChI=1S/C17H12F3N5OS/c18-17(19,20)11-3-1-2-10(8-11)12-4-5-14-22-9-13(25(14)24-12)15(26)23-16-21-6-7-27-16/h1-9,15,26H,(H,21,23). The molecule has 1 aromatic carbocycles. The second-order valence-corrected chi connectivity index (χ2v) is 6.53.